The van der Waals surface area contributed by atoms with Gasteiger partial charge in [0.25, 0.3) is 0 Å². The molecule has 1 aliphatic heterocycles. The van der Waals surface area contributed by atoms with E-state index < -0.39 is 0 Å². The Kier molecular flexibility index (Phi) is 7.96. The second-order valence-electron chi connectivity index (χ2n) is 4.67. The van der Waals surface area contributed by atoms with Gasteiger partial charge in [-0.1, -0.05) is 0 Å². The molecule has 0 spiro atoms. The summed E-state index contributed by atoms with van der Waals surface area (Å²) in [5, 5.41) is 0. The molecule has 1 heterocycles. The molecule has 0 saturated carbocycles. The molecule has 1 amide bonds. The minimum Gasteiger partial charge on any atom is -0.381 e. The van der Waals surface area contributed by atoms with Crippen LogP contribution in [0.4, 0.5) is 0 Å². The second-order valence-corrected chi connectivity index (χ2v) is 4.67. The van der Waals surface area contributed by atoms with Crippen LogP contribution in [-0.4, -0.2) is 68.2 Å². The fraction of sp³-hybridized carbons (Fsp3) is 0.923. The van der Waals surface area contributed by atoms with Crippen LogP contribution in [0.5, 0.6) is 0 Å². The number of unbranched alkanes of at least 4 members (excludes halogenated alkanes) is 1. The van der Waals surface area contributed by atoms with Crippen LogP contribution in [0.15, 0.2) is 0 Å². The van der Waals surface area contributed by atoms with Crippen LogP contribution in [0.25, 0.3) is 0 Å². The van der Waals surface area contributed by atoms with Crippen molar-refractivity contribution in [3.8, 4) is 0 Å². The zero-order valence-corrected chi connectivity index (χ0v) is 11.6. The fourth-order valence-corrected chi connectivity index (χ4v) is 2.16. The van der Waals surface area contributed by atoms with Crippen LogP contribution >= 0.6 is 0 Å². The first-order chi connectivity index (χ1) is 8.77. The van der Waals surface area contributed by atoms with Gasteiger partial charge in [-0.25, -0.2) is 0 Å². The van der Waals surface area contributed by atoms with Crippen molar-refractivity contribution >= 4 is 5.91 Å². The van der Waals surface area contributed by atoms with E-state index in [1.165, 1.54) is 0 Å². The molecule has 0 aromatic rings. The number of nitrogens with zero attached hydrogens (tertiary/aromatic N) is 2. The van der Waals surface area contributed by atoms with Crippen molar-refractivity contribution in [2.45, 2.75) is 26.2 Å². The summed E-state index contributed by atoms with van der Waals surface area (Å²) in [7, 11) is 0. The van der Waals surface area contributed by atoms with Crippen molar-refractivity contribution in [3.05, 3.63) is 0 Å². The Hall–Kier alpha value is -0.650. The monoisotopic (exact) mass is 257 g/mol. The maximum Gasteiger partial charge on any atom is 0.224 e. The first-order valence-electron chi connectivity index (χ1n) is 7.06. The van der Waals surface area contributed by atoms with Crippen LogP contribution in [0.1, 0.15) is 26.2 Å². The van der Waals surface area contributed by atoms with E-state index in [2.05, 4.69) is 4.90 Å². The highest BCUT2D eigenvalue weighted by Crippen LogP contribution is 2.05. The van der Waals surface area contributed by atoms with Crippen LogP contribution in [0.2, 0.25) is 0 Å². The van der Waals surface area contributed by atoms with Crippen LogP contribution in [0.3, 0.4) is 0 Å². The maximum absolute atomic E-state index is 11.9. The van der Waals surface area contributed by atoms with Gasteiger partial charge in [0.2, 0.25) is 5.91 Å². The summed E-state index contributed by atoms with van der Waals surface area (Å²) in [5.41, 5.74) is 5.48. The van der Waals surface area contributed by atoms with Gasteiger partial charge in [0.1, 0.15) is 0 Å². The minimum atomic E-state index is 0.227. The van der Waals surface area contributed by atoms with Crippen molar-refractivity contribution < 1.29 is 9.53 Å². The van der Waals surface area contributed by atoms with Gasteiger partial charge in [-0.05, 0) is 32.9 Å². The Morgan fingerprint density at radius 1 is 1.22 bits per heavy atom. The van der Waals surface area contributed by atoms with Crippen molar-refractivity contribution in [1.29, 1.82) is 0 Å². The number of rotatable bonds is 8. The molecular formula is C13H27N3O2. The van der Waals surface area contributed by atoms with Gasteiger partial charge < -0.3 is 15.4 Å². The summed E-state index contributed by atoms with van der Waals surface area (Å²) < 4.78 is 5.21. The summed E-state index contributed by atoms with van der Waals surface area (Å²) in [4.78, 5) is 16.2. The van der Waals surface area contributed by atoms with Gasteiger partial charge in [0.05, 0.1) is 13.0 Å². The Morgan fingerprint density at radius 3 is 2.56 bits per heavy atom. The molecule has 1 fully saturated rings. The first-order valence-corrected chi connectivity index (χ1v) is 7.06. The zero-order chi connectivity index (χ0) is 13.2. The lowest BCUT2D eigenvalue weighted by Crippen LogP contribution is -2.49. The van der Waals surface area contributed by atoms with E-state index in [9.17, 15) is 4.79 Å². The van der Waals surface area contributed by atoms with Crippen molar-refractivity contribution in [2.75, 3.05) is 52.5 Å². The van der Waals surface area contributed by atoms with Gasteiger partial charge in [-0.15, -0.1) is 0 Å². The molecule has 5 nitrogen and oxygen atoms in total. The smallest absolute Gasteiger partial charge is 0.224 e. The molecule has 18 heavy (non-hydrogen) atoms. The summed E-state index contributed by atoms with van der Waals surface area (Å²) in [5.74, 6) is 0.227. The van der Waals surface area contributed by atoms with E-state index in [0.717, 1.165) is 52.1 Å². The molecule has 0 aromatic heterocycles. The van der Waals surface area contributed by atoms with Crippen molar-refractivity contribution in [2.24, 2.45) is 5.73 Å². The van der Waals surface area contributed by atoms with E-state index >= 15 is 0 Å². The predicted octanol–water partition coefficient (Wildman–Crippen LogP) is 0.296. The molecule has 106 valence electrons. The lowest BCUT2D eigenvalue weighted by Gasteiger charge is -2.34. The SMILES string of the molecule is CCOCCC(=O)N1CCN(CCCCN)CC1. The molecule has 1 rings (SSSR count). The molecule has 0 radical (unpaired) electrons. The lowest BCUT2D eigenvalue weighted by atomic mass is 10.2. The number of hydrogen-bond acceptors (Lipinski definition) is 4. The Bertz CT molecular complexity index is 228. The van der Waals surface area contributed by atoms with E-state index in [-0.39, 0.29) is 5.91 Å². The normalized spacial score (nSPS) is 17.1. The highest BCUT2D eigenvalue weighted by atomic mass is 16.5. The average Bonchev–Trinajstić information content (AvgIpc) is 2.40. The number of piperazine rings is 1. The third kappa shape index (κ3) is 5.80. The summed E-state index contributed by atoms with van der Waals surface area (Å²) >= 11 is 0. The lowest BCUT2D eigenvalue weighted by molar-refractivity contribution is -0.134. The third-order valence-electron chi connectivity index (χ3n) is 3.32. The Morgan fingerprint density at radius 2 is 1.94 bits per heavy atom. The Balaban J connectivity index is 2.12. The molecule has 0 bridgehead atoms. The summed E-state index contributed by atoms with van der Waals surface area (Å²) in [6, 6.07) is 0. The minimum absolute atomic E-state index is 0.227. The standard InChI is InChI=1S/C13H27N3O2/c1-2-18-12-5-13(17)16-10-8-15(9-11-16)7-4-3-6-14/h2-12,14H2,1H3. The molecule has 2 N–H and O–H groups in total. The molecule has 5 heteroatoms. The highest BCUT2D eigenvalue weighted by Gasteiger charge is 2.20. The quantitative estimate of drug-likeness (QED) is 0.635. The number of carbonyl (C=O) groups excluding carboxylic acids is 1. The number of amides is 1. The van der Waals surface area contributed by atoms with Crippen molar-refractivity contribution in [3.63, 3.8) is 0 Å². The molecule has 0 aliphatic carbocycles. The second kappa shape index (κ2) is 9.30. The third-order valence-corrected chi connectivity index (χ3v) is 3.32. The maximum atomic E-state index is 11.9. The number of nitrogens with two attached hydrogens (primary N) is 1. The van der Waals surface area contributed by atoms with Gasteiger partial charge >= 0.3 is 0 Å². The van der Waals surface area contributed by atoms with Gasteiger partial charge in [0.15, 0.2) is 0 Å². The fourth-order valence-electron chi connectivity index (χ4n) is 2.16. The van der Waals surface area contributed by atoms with Gasteiger partial charge in [-0.2, -0.15) is 0 Å². The van der Waals surface area contributed by atoms with Crippen LogP contribution in [0, 0.1) is 0 Å². The van der Waals surface area contributed by atoms with E-state index in [1.807, 2.05) is 11.8 Å². The Labute approximate surface area is 110 Å². The zero-order valence-electron chi connectivity index (χ0n) is 11.6. The van der Waals surface area contributed by atoms with Crippen LogP contribution in [-0.2, 0) is 9.53 Å². The summed E-state index contributed by atoms with van der Waals surface area (Å²) in [6.07, 6.45) is 2.77. The molecule has 0 aromatic carbocycles. The van der Waals surface area contributed by atoms with E-state index in [4.69, 9.17) is 10.5 Å². The van der Waals surface area contributed by atoms with E-state index in [0.29, 0.717) is 19.6 Å². The first kappa shape index (κ1) is 15.4. The van der Waals surface area contributed by atoms with Gasteiger partial charge in [0, 0.05) is 32.8 Å². The van der Waals surface area contributed by atoms with E-state index in [1.54, 1.807) is 0 Å². The largest absolute Gasteiger partial charge is 0.381 e. The van der Waals surface area contributed by atoms with Crippen LogP contribution < -0.4 is 5.73 Å². The number of ether oxygens (including phenoxy) is 1. The number of hydrogen-bond donors (Lipinski definition) is 1. The molecular weight excluding hydrogens is 230 g/mol. The molecule has 0 atom stereocenters. The molecule has 1 saturated heterocycles. The van der Waals surface area contributed by atoms with Crippen molar-refractivity contribution in [1.82, 2.24) is 9.80 Å². The summed E-state index contributed by atoms with van der Waals surface area (Å²) in [6.45, 7) is 8.75. The van der Waals surface area contributed by atoms with Gasteiger partial charge in [-0.3, -0.25) is 9.69 Å². The number of carbonyl (C=O) groups is 1. The predicted molar refractivity (Wildman–Crippen MR) is 72.4 cm³/mol. The highest BCUT2D eigenvalue weighted by molar-refractivity contribution is 5.76. The topological polar surface area (TPSA) is 58.8 Å². The average molecular weight is 257 g/mol. The molecule has 0 unspecified atom stereocenters. The molecule has 1 aliphatic rings.